The van der Waals surface area contributed by atoms with E-state index in [4.69, 9.17) is 9.97 Å². The lowest BCUT2D eigenvalue weighted by atomic mass is 9.79. The summed E-state index contributed by atoms with van der Waals surface area (Å²) in [6, 6.07) is 1.14. The van der Waals surface area contributed by atoms with E-state index in [0.717, 1.165) is 45.0 Å². The Balaban J connectivity index is 1.27. The average molecular weight is 400 g/mol. The van der Waals surface area contributed by atoms with E-state index in [1.807, 2.05) is 19.3 Å². The number of hydrogen-bond acceptors (Lipinski definition) is 6. The lowest BCUT2D eigenvalue weighted by molar-refractivity contribution is -0.123. The summed E-state index contributed by atoms with van der Waals surface area (Å²) in [7, 11) is 4.41. The van der Waals surface area contributed by atoms with E-state index < -0.39 is 0 Å². The molecular weight excluding hydrogens is 362 g/mol. The van der Waals surface area contributed by atoms with Crippen molar-refractivity contribution in [1.29, 1.82) is 0 Å². The number of piperazine rings is 1. The molecule has 0 aromatic carbocycles. The summed E-state index contributed by atoms with van der Waals surface area (Å²) >= 11 is 0. The van der Waals surface area contributed by atoms with Gasteiger partial charge in [-0.05, 0) is 58.5 Å². The molecule has 1 saturated carbocycles. The average Bonchev–Trinajstić information content (AvgIpc) is 2.99. The largest absolute Gasteiger partial charge is 0.332 e. The number of likely N-dealkylation sites (tertiary alicyclic amines) is 1. The Hall–Kier alpha value is -1.53. The van der Waals surface area contributed by atoms with Crippen LogP contribution in [-0.4, -0.2) is 71.4 Å². The maximum atomic E-state index is 11.9. The standard InChI is InChI=1S/C23H37N5O/c1-4-22(29)19-7-5-17(6-8-19)13-26(2)14-18-11-24-23(25-12-18)28-20-9-10-21(28)16-27(3)15-20/h11-12,17,19-21H,4-10,13-16H2,1-3H3/t17-,19-,20?,21?. The molecule has 6 heteroatoms. The van der Waals surface area contributed by atoms with Crippen LogP contribution in [0, 0.1) is 11.8 Å². The molecule has 29 heavy (non-hydrogen) atoms. The first-order valence-corrected chi connectivity index (χ1v) is 11.5. The second kappa shape index (κ2) is 9.09. The van der Waals surface area contributed by atoms with E-state index in [1.54, 1.807) is 0 Å². The zero-order valence-corrected chi connectivity index (χ0v) is 18.4. The summed E-state index contributed by atoms with van der Waals surface area (Å²) in [6.07, 6.45) is 11.8. The molecule has 0 amide bonds. The van der Waals surface area contributed by atoms with Gasteiger partial charge in [0.1, 0.15) is 5.78 Å². The Bertz CT molecular complexity index is 671. The molecule has 160 valence electrons. The van der Waals surface area contributed by atoms with Crippen LogP contribution in [0.25, 0.3) is 0 Å². The van der Waals surface area contributed by atoms with Crippen LogP contribution in [0.15, 0.2) is 12.4 Å². The van der Waals surface area contributed by atoms with Crippen molar-refractivity contribution in [2.24, 2.45) is 11.8 Å². The third-order valence-corrected chi connectivity index (χ3v) is 7.26. The van der Waals surface area contributed by atoms with Gasteiger partial charge >= 0.3 is 0 Å². The molecule has 3 aliphatic rings. The van der Waals surface area contributed by atoms with Gasteiger partial charge in [-0.3, -0.25) is 4.79 Å². The predicted octanol–water partition coefficient (Wildman–Crippen LogP) is 2.98. The van der Waals surface area contributed by atoms with Crippen LogP contribution in [0.2, 0.25) is 0 Å². The molecule has 0 N–H and O–H groups in total. The summed E-state index contributed by atoms with van der Waals surface area (Å²) in [6.45, 7) is 6.22. The van der Waals surface area contributed by atoms with Crippen LogP contribution in [0.1, 0.15) is 57.4 Å². The van der Waals surface area contributed by atoms with Crippen LogP contribution < -0.4 is 4.90 Å². The first kappa shape index (κ1) is 20.7. The molecule has 2 bridgehead atoms. The highest BCUT2D eigenvalue weighted by Crippen LogP contribution is 2.33. The molecular formula is C23H37N5O. The molecule has 6 nitrogen and oxygen atoms in total. The van der Waals surface area contributed by atoms with Crippen LogP contribution in [-0.2, 0) is 11.3 Å². The highest BCUT2D eigenvalue weighted by atomic mass is 16.1. The van der Waals surface area contributed by atoms with E-state index in [1.165, 1.54) is 31.2 Å². The van der Waals surface area contributed by atoms with Crippen LogP contribution >= 0.6 is 0 Å². The second-order valence-electron chi connectivity index (χ2n) is 9.64. The first-order valence-electron chi connectivity index (χ1n) is 11.5. The summed E-state index contributed by atoms with van der Waals surface area (Å²) in [4.78, 5) is 28.7. The molecule has 2 atom stereocenters. The zero-order valence-electron chi connectivity index (χ0n) is 18.4. The highest BCUT2D eigenvalue weighted by Gasteiger charge is 2.40. The molecule has 2 unspecified atom stereocenters. The minimum Gasteiger partial charge on any atom is -0.332 e. The van der Waals surface area contributed by atoms with Gasteiger partial charge in [-0.1, -0.05) is 6.92 Å². The quantitative estimate of drug-likeness (QED) is 0.703. The molecule has 0 radical (unpaired) electrons. The minimum atomic E-state index is 0.326. The van der Waals surface area contributed by atoms with Crippen molar-refractivity contribution in [1.82, 2.24) is 19.8 Å². The number of anilines is 1. The molecule has 3 fully saturated rings. The first-order chi connectivity index (χ1) is 14.0. The monoisotopic (exact) mass is 399 g/mol. The van der Waals surface area contributed by atoms with Gasteiger partial charge in [-0.2, -0.15) is 0 Å². The molecule has 2 saturated heterocycles. The molecule has 3 heterocycles. The number of likely N-dealkylation sites (N-methyl/N-ethyl adjacent to an activating group) is 1. The Morgan fingerprint density at radius 2 is 1.69 bits per heavy atom. The topological polar surface area (TPSA) is 52.6 Å². The highest BCUT2D eigenvalue weighted by molar-refractivity contribution is 5.80. The molecule has 1 aliphatic carbocycles. The number of hydrogen-bond donors (Lipinski definition) is 0. The lowest BCUT2D eigenvalue weighted by Gasteiger charge is -2.39. The Morgan fingerprint density at radius 3 is 2.28 bits per heavy atom. The normalized spacial score (nSPS) is 30.1. The number of aromatic nitrogens is 2. The maximum absolute atomic E-state index is 11.9. The summed E-state index contributed by atoms with van der Waals surface area (Å²) in [5.74, 6) is 2.41. The van der Waals surface area contributed by atoms with Crippen molar-refractivity contribution in [2.45, 2.75) is 70.5 Å². The third kappa shape index (κ3) is 4.80. The summed E-state index contributed by atoms with van der Waals surface area (Å²) in [5.41, 5.74) is 1.19. The Labute approximate surface area is 175 Å². The van der Waals surface area contributed by atoms with Gasteiger partial charge in [-0.15, -0.1) is 0 Å². The Kier molecular flexibility index (Phi) is 6.50. The molecule has 0 spiro atoms. The number of carbonyl (C=O) groups excluding carboxylic acids is 1. The van der Waals surface area contributed by atoms with Gasteiger partial charge in [0.15, 0.2) is 0 Å². The molecule has 4 rings (SSSR count). The SMILES string of the molecule is CCC(=O)[C@H]1CC[C@H](CN(C)Cc2cnc(N3C4CCC3CN(C)C4)nc2)CC1. The number of Topliss-reactive ketones (excluding diaryl/α,β-unsaturated/α-hetero) is 1. The van der Waals surface area contributed by atoms with E-state index in [-0.39, 0.29) is 0 Å². The van der Waals surface area contributed by atoms with Gasteiger partial charge in [0.05, 0.1) is 0 Å². The number of carbonyl (C=O) groups is 1. The fraction of sp³-hybridized carbons (Fsp3) is 0.783. The third-order valence-electron chi connectivity index (χ3n) is 7.26. The van der Waals surface area contributed by atoms with Crippen LogP contribution in [0.3, 0.4) is 0 Å². The van der Waals surface area contributed by atoms with Gasteiger partial charge in [-0.25, -0.2) is 9.97 Å². The molecule has 2 aliphatic heterocycles. The van der Waals surface area contributed by atoms with Crippen molar-refractivity contribution >= 4 is 11.7 Å². The predicted molar refractivity (Wildman–Crippen MR) is 116 cm³/mol. The second-order valence-corrected chi connectivity index (χ2v) is 9.64. The van der Waals surface area contributed by atoms with Crippen molar-refractivity contribution in [2.75, 3.05) is 38.6 Å². The smallest absolute Gasteiger partial charge is 0.225 e. The van der Waals surface area contributed by atoms with E-state index >= 15 is 0 Å². The van der Waals surface area contributed by atoms with Crippen molar-refractivity contribution in [3.8, 4) is 0 Å². The minimum absolute atomic E-state index is 0.326. The van der Waals surface area contributed by atoms with Gasteiger partial charge in [0.2, 0.25) is 5.95 Å². The number of rotatable bonds is 7. The lowest BCUT2D eigenvalue weighted by Crippen LogP contribution is -2.53. The van der Waals surface area contributed by atoms with E-state index in [9.17, 15) is 4.79 Å². The van der Waals surface area contributed by atoms with E-state index in [2.05, 4.69) is 28.8 Å². The van der Waals surface area contributed by atoms with Crippen LogP contribution in [0.5, 0.6) is 0 Å². The molecule has 1 aromatic rings. The fourth-order valence-electron chi connectivity index (χ4n) is 5.78. The number of fused-ring (bicyclic) bond motifs is 2. The zero-order chi connectivity index (χ0) is 20.4. The van der Waals surface area contributed by atoms with Gasteiger partial charge in [0, 0.05) is 68.6 Å². The van der Waals surface area contributed by atoms with Crippen molar-refractivity contribution < 1.29 is 4.79 Å². The fourth-order valence-corrected chi connectivity index (χ4v) is 5.78. The van der Waals surface area contributed by atoms with E-state index in [0.29, 0.717) is 36.1 Å². The number of ketones is 1. The van der Waals surface area contributed by atoms with Gasteiger partial charge < -0.3 is 14.7 Å². The Morgan fingerprint density at radius 1 is 1.07 bits per heavy atom. The molecule has 1 aromatic heterocycles. The van der Waals surface area contributed by atoms with Crippen molar-refractivity contribution in [3.63, 3.8) is 0 Å². The van der Waals surface area contributed by atoms with Crippen molar-refractivity contribution in [3.05, 3.63) is 18.0 Å². The summed E-state index contributed by atoms with van der Waals surface area (Å²) < 4.78 is 0. The van der Waals surface area contributed by atoms with Gasteiger partial charge in [0.25, 0.3) is 0 Å². The summed E-state index contributed by atoms with van der Waals surface area (Å²) in [5, 5.41) is 0. The number of nitrogens with zero attached hydrogens (tertiary/aromatic N) is 5. The maximum Gasteiger partial charge on any atom is 0.225 e. The van der Waals surface area contributed by atoms with Crippen LogP contribution in [0.4, 0.5) is 5.95 Å².